The number of halogens is 1. The molecule has 37 heavy (non-hydrogen) atoms. The molecule has 0 bridgehead atoms. The van der Waals surface area contributed by atoms with E-state index in [4.69, 9.17) is 16.3 Å². The third kappa shape index (κ3) is 4.83. The van der Waals surface area contributed by atoms with Gasteiger partial charge in [-0.2, -0.15) is 5.10 Å². The number of aryl methyl sites for hydroxylation is 1. The molecule has 2 aromatic heterocycles. The number of fused-ring (bicyclic) bond motifs is 1. The van der Waals surface area contributed by atoms with E-state index in [2.05, 4.69) is 15.2 Å². The second-order valence-corrected chi connectivity index (χ2v) is 11.4. The van der Waals surface area contributed by atoms with Gasteiger partial charge in [-0.25, -0.2) is 22.8 Å². The number of nitrogens with one attached hydrogen (secondary N) is 1. The maximum Gasteiger partial charge on any atom is 0.272 e. The molecule has 11 heteroatoms. The Labute approximate surface area is 222 Å². The molecule has 1 N–H and O–H groups in total. The standard InChI is InChI=1S/C26H21ClN4O4S2/c1-16-3-6-18(27)13-22(16)24-21-10-9-20(14-23(21)25(32)30-29-24)37(33,34)31(26-28-11-12-36-26)15-17-4-7-19(35-2)8-5-17/h3-14H,15H2,1-2H3,(H,30,32). The Balaban J connectivity index is 1.62. The Morgan fingerprint density at radius 2 is 1.84 bits per heavy atom. The molecule has 0 atom stereocenters. The monoisotopic (exact) mass is 552 g/mol. The second kappa shape index (κ2) is 9.97. The van der Waals surface area contributed by atoms with Gasteiger partial charge in [0.05, 0.1) is 29.6 Å². The summed E-state index contributed by atoms with van der Waals surface area (Å²) < 4.78 is 34.2. The molecule has 0 unspecified atom stereocenters. The normalized spacial score (nSPS) is 11.5. The average molecular weight is 553 g/mol. The molecule has 3 aromatic carbocycles. The van der Waals surface area contributed by atoms with Crippen molar-refractivity contribution >= 4 is 48.9 Å². The number of rotatable bonds is 7. The number of anilines is 1. The average Bonchev–Trinajstić information content (AvgIpc) is 3.44. The first-order valence-electron chi connectivity index (χ1n) is 11.1. The molecule has 5 rings (SSSR count). The lowest BCUT2D eigenvalue weighted by Crippen LogP contribution is -2.30. The molecule has 0 radical (unpaired) electrons. The molecule has 8 nitrogen and oxygen atoms in total. The van der Waals surface area contributed by atoms with Gasteiger partial charge in [0.15, 0.2) is 5.13 Å². The third-order valence-electron chi connectivity index (χ3n) is 5.92. The highest BCUT2D eigenvalue weighted by Crippen LogP contribution is 2.33. The fraction of sp³-hybridized carbons (Fsp3) is 0.115. The van der Waals surface area contributed by atoms with Gasteiger partial charge in [-0.1, -0.05) is 35.9 Å². The first-order valence-corrected chi connectivity index (χ1v) is 13.8. The number of hydrogen-bond acceptors (Lipinski definition) is 7. The quantitative estimate of drug-likeness (QED) is 0.289. The predicted molar refractivity (Wildman–Crippen MR) is 146 cm³/mol. The van der Waals surface area contributed by atoms with Crippen LogP contribution in [0.5, 0.6) is 5.75 Å². The molecule has 188 valence electrons. The SMILES string of the molecule is COc1ccc(CN(c2nccs2)S(=O)(=O)c2ccc3c(-c4cc(Cl)ccc4C)n[nH]c(=O)c3c2)cc1. The lowest BCUT2D eigenvalue weighted by atomic mass is 10.0. The van der Waals surface area contributed by atoms with Crippen molar-refractivity contribution in [1.82, 2.24) is 15.2 Å². The first-order chi connectivity index (χ1) is 17.8. The van der Waals surface area contributed by atoms with Gasteiger partial charge in [-0.05, 0) is 54.4 Å². The summed E-state index contributed by atoms with van der Waals surface area (Å²) in [5, 5.41) is 10.0. The summed E-state index contributed by atoms with van der Waals surface area (Å²) >= 11 is 7.41. The van der Waals surface area contributed by atoms with Crippen LogP contribution in [0.4, 0.5) is 5.13 Å². The van der Waals surface area contributed by atoms with E-state index in [1.807, 2.05) is 13.0 Å². The number of aromatic amines is 1. The van der Waals surface area contributed by atoms with Crippen molar-refractivity contribution in [1.29, 1.82) is 0 Å². The first kappa shape index (κ1) is 24.9. The maximum atomic E-state index is 13.9. The maximum absolute atomic E-state index is 13.9. The van der Waals surface area contributed by atoms with Crippen LogP contribution in [0, 0.1) is 6.92 Å². The van der Waals surface area contributed by atoms with Crippen molar-refractivity contribution in [2.45, 2.75) is 18.4 Å². The number of methoxy groups -OCH3 is 1. The summed E-state index contributed by atoms with van der Waals surface area (Å²) in [5.74, 6) is 0.667. The van der Waals surface area contributed by atoms with Gasteiger partial charge >= 0.3 is 0 Å². The van der Waals surface area contributed by atoms with Crippen LogP contribution in [-0.2, 0) is 16.6 Å². The molecule has 0 amide bonds. The second-order valence-electron chi connectivity index (χ2n) is 8.24. The van der Waals surface area contributed by atoms with Gasteiger partial charge in [0.1, 0.15) is 5.75 Å². The zero-order chi connectivity index (χ0) is 26.2. The van der Waals surface area contributed by atoms with E-state index in [1.165, 1.54) is 27.8 Å². The number of thiazole rings is 1. The molecule has 0 aliphatic rings. The summed E-state index contributed by atoms with van der Waals surface area (Å²) in [5.41, 5.74) is 2.42. The fourth-order valence-electron chi connectivity index (χ4n) is 3.98. The number of benzene rings is 3. The van der Waals surface area contributed by atoms with Crippen LogP contribution in [-0.4, -0.2) is 30.7 Å². The Morgan fingerprint density at radius 3 is 2.54 bits per heavy atom. The van der Waals surface area contributed by atoms with E-state index >= 15 is 0 Å². The Morgan fingerprint density at radius 1 is 1.05 bits per heavy atom. The molecule has 0 spiro atoms. The van der Waals surface area contributed by atoms with Crippen molar-refractivity contribution in [3.63, 3.8) is 0 Å². The minimum absolute atomic E-state index is 0.0332. The summed E-state index contributed by atoms with van der Waals surface area (Å²) in [6.45, 7) is 1.96. The molecule has 0 saturated carbocycles. The molecular formula is C26H21ClN4O4S2. The Kier molecular flexibility index (Phi) is 6.72. The van der Waals surface area contributed by atoms with E-state index in [-0.39, 0.29) is 16.8 Å². The molecule has 0 saturated heterocycles. The predicted octanol–water partition coefficient (Wildman–Crippen LogP) is 5.41. The minimum Gasteiger partial charge on any atom is -0.497 e. The summed E-state index contributed by atoms with van der Waals surface area (Å²) in [6.07, 6.45) is 1.55. The van der Waals surface area contributed by atoms with Crippen LogP contribution in [0.15, 0.2) is 81.9 Å². The molecule has 0 aliphatic heterocycles. The number of sulfonamides is 1. The highest BCUT2D eigenvalue weighted by Gasteiger charge is 2.28. The van der Waals surface area contributed by atoms with Crippen LogP contribution in [0.2, 0.25) is 5.02 Å². The van der Waals surface area contributed by atoms with E-state index in [0.717, 1.165) is 16.7 Å². The number of nitrogens with zero attached hydrogens (tertiary/aromatic N) is 3. The number of ether oxygens (including phenoxy) is 1. The minimum atomic E-state index is -4.08. The van der Waals surface area contributed by atoms with E-state index in [0.29, 0.717) is 27.0 Å². The summed E-state index contributed by atoms with van der Waals surface area (Å²) in [6, 6.07) is 17.0. The molecular weight excluding hydrogens is 532 g/mol. The van der Waals surface area contributed by atoms with Crippen LogP contribution in [0.1, 0.15) is 11.1 Å². The van der Waals surface area contributed by atoms with E-state index in [1.54, 1.807) is 61.2 Å². The molecule has 2 heterocycles. The van der Waals surface area contributed by atoms with E-state index in [9.17, 15) is 13.2 Å². The van der Waals surface area contributed by atoms with Gasteiger partial charge in [0.2, 0.25) is 0 Å². The van der Waals surface area contributed by atoms with Crippen LogP contribution >= 0.6 is 22.9 Å². The van der Waals surface area contributed by atoms with Crippen molar-refractivity contribution in [3.05, 3.63) is 98.7 Å². The van der Waals surface area contributed by atoms with Gasteiger partial charge in [-0.3, -0.25) is 4.79 Å². The number of hydrogen-bond donors (Lipinski definition) is 1. The molecule has 0 fully saturated rings. The van der Waals surface area contributed by atoms with Crippen LogP contribution < -0.4 is 14.6 Å². The van der Waals surface area contributed by atoms with Crippen LogP contribution in [0.25, 0.3) is 22.0 Å². The van der Waals surface area contributed by atoms with Gasteiger partial charge in [0.25, 0.3) is 15.6 Å². The molecule has 0 aliphatic carbocycles. The third-order valence-corrected chi connectivity index (χ3v) is 8.80. The van der Waals surface area contributed by atoms with Gasteiger partial charge < -0.3 is 4.74 Å². The van der Waals surface area contributed by atoms with Crippen molar-refractivity contribution in [2.75, 3.05) is 11.4 Å². The zero-order valence-corrected chi connectivity index (χ0v) is 22.2. The molecule has 5 aromatic rings. The smallest absolute Gasteiger partial charge is 0.272 e. The highest BCUT2D eigenvalue weighted by atomic mass is 35.5. The van der Waals surface area contributed by atoms with Gasteiger partial charge in [-0.15, -0.1) is 11.3 Å². The number of H-pyrrole nitrogens is 1. The topological polar surface area (TPSA) is 105 Å². The lowest BCUT2D eigenvalue weighted by molar-refractivity contribution is 0.414. The number of aromatic nitrogens is 3. The highest BCUT2D eigenvalue weighted by molar-refractivity contribution is 7.93. The van der Waals surface area contributed by atoms with Crippen molar-refractivity contribution in [3.8, 4) is 17.0 Å². The summed E-state index contributed by atoms with van der Waals surface area (Å²) in [7, 11) is -2.52. The lowest BCUT2D eigenvalue weighted by Gasteiger charge is -2.22. The van der Waals surface area contributed by atoms with E-state index < -0.39 is 15.6 Å². The van der Waals surface area contributed by atoms with Crippen molar-refractivity contribution in [2.24, 2.45) is 0 Å². The van der Waals surface area contributed by atoms with Gasteiger partial charge in [0, 0.05) is 27.5 Å². The largest absolute Gasteiger partial charge is 0.497 e. The van der Waals surface area contributed by atoms with Crippen LogP contribution in [0.3, 0.4) is 0 Å². The fourth-order valence-corrected chi connectivity index (χ4v) is 6.45. The van der Waals surface area contributed by atoms with Crippen molar-refractivity contribution < 1.29 is 13.2 Å². The zero-order valence-electron chi connectivity index (χ0n) is 19.8. The Hall–Kier alpha value is -3.73. The Bertz CT molecular complexity index is 1750. The summed E-state index contributed by atoms with van der Waals surface area (Å²) in [4.78, 5) is 17.0.